The molecule has 6 heteroatoms. The van der Waals surface area contributed by atoms with E-state index < -0.39 is 0 Å². The molecule has 0 atom stereocenters. The van der Waals surface area contributed by atoms with Gasteiger partial charge in [0.15, 0.2) is 0 Å². The number of anilines is 3. The Morgan fingerprint density at radius 1 is 0.840 bits per heavy atom. The predicted molar refractivity (Wildman–Crippen MR) is 106 cm³/mol. The fourth-order valence-electron chi connectivity index (χ4n) is 2.17. The number of hydrogen-bond donors (Lipinski definition) is 3. The van der Waals surface area contributed by atoms with Gasteiger partial charge in [-0.25, -0.2) is 0 Å². The van der Waals surface area contributed by atoms with Gasteiger partial charge in [-0.2, -0.15) is 0 Å². The van der Waals surface area contributed by atoms with Crippen molar-refractivity contribution in [3.05, 3.63) is 53.0 Å². The van der Waals surface area contributed by atoms with Crippen LogP contribution in [-0.4, -0.2) is 18.4 Å². The number of amides is 2. The molecule has 0 saturated carbocycles. The zero-order chi connectivity index (χ0) is 18.2. The van der Waals surface area contributed by atoms with Crippen LogP contribution in [0, 0.1) is 5.92 Å². The molecule has 0 aliphatic rings. The van der Waals surface area contributed by atoms with Crippen molar-refractivity contribution in [1.82, 2.24) is 0 Å². The first-order chi connectivity index (χ1) is 11.9. The first kappa shape index (κ1) is 19.0. The number of carbonyl (C=O) groups excluding carboxylic acids is 2. The third-order valence-electron chi connectivity index (χ3n) is 3.34. The van der Waals surface area contributed by atoms with E-state index in [2.05, 4.69) is 31.9 Å². The quantitative estimate of drug-likeness (QED) is 0.637. The van der Waals surface area contributed by atoms with Crippen LogP contribution in [0.15, 0.2) is 53.0 Å². The van der Waals surface area contributed by atoms with E-state index in [4.69, 9.17) is 0 Å². The number of rotatable bonds is 7. The fraction of sp³-hybridized carbons (Fsp3) is 0.263. The number of nitrogens with one attached hydrogen (secondary N) is 3. The molecule has 0 fully saturated rings. The molecule has 2 aromatic carbocycles. The van der Waals surface area contributed by atoms with Crippen LogP contribution in [0.2, 0.25) is 0 Å². The minimum Gasteiger partial charge on any atom is -0.376 e. The largest absolute Gasteiger partial charge is 0.376 e. The molecule has 0 heterocycles. The van der Waals surface area contributed by atoms with E-state index in [9.17, 15) is 9.59 Å². The van der Waals surface area contributed by atoms with Gasteiger partial charge in [-0.1, -0.05) is 29.8 Å². The van der Waals surface area contributed by atoms with Crippen molar-refractivity contribution in [2.45, 2.75) is 20.3 Å². The Labute approximate surface area is 156 Å². The van der Waals surface area contributed by atoms with E-state index in [1.807, 2.05) is 62.4 Å². The Hall–Kier alpha value is -2.34. The lowest BCUT2D eigenvalue weighted by Gasteiger charge is -2.10. The second-order valence-corrected chi connectivity index (χ2v) is 7.05. The molecular weight excluding hydrogens is 382 g/mol. The van der Waals surface area contributed by atoms with Crippen molar-refractivity contribution in [2.75, 3.05) is 22.5 Å². The highest BCUT2D eigenvalue weighted by molar-refractivity contribution is 9.10. The summed E-state index contributed by atoms with van der Waals surface area (Å²) in [7, 11) is 0. The second-order valence-electron chi connectivity index (χ2n) is 6.13. The van der Waals surface area contributed by atoms with Gasteiger partial charge >= 0.3 is 0 Å². The Morgan fingerprint density at radius 3 is 1.88 bits per heavy atom. The van der Waals surface area contributed by atoms with Crippen LogP contribution < -0.4 is 16.0 Å². The molecule has 0 aliphatic heterocycles. The molecule has 0 unspecified atom stereocenters. The summed E-state index contributed by atoms with van der Waals surface area (Å²) in [5, 5.41) is 8.72. The van der Waals surface area contributed by atoms with Gasteiger partial charge in [-0.3, -0.25) is 9.59 Å². The molecule has 5 nitrogen and oxygen atoms in total. The second kappa shape index (κ2) is 9.22. The summed E-state index contributed by atoms with van der Waals surface area (Å²) >= 11 is 3.35. The summed E-state index contributed by atoms with van der Waals surface area (Å²) in [5.41, 5.74) is 2.31. The van der Waals surface area contributed by atoms with Gasteiger partial charge in [0.05, 0.1) is 6.54 Å². The minimum atomic E-state index is -0.128. The molecule has 0 spiro atoms. The van der Waals surface area contributed by atoms with Gasteiger partial charge in [0.1, 0.15) is 0 Å². The van der Waals surface area contributed by atoms with Gasteiger partial charge in [0, 0.05) is 28.0 Å². The van der Waals surface area contributed by atoms with E-state index in [0.29, 0.717) is 12.3 Å². The van der Waals surface area contributed by atoms with Crippen LogP contribution in [0.4, 0.5) is 17.1 Å². The number of carbonyl (C=O) groups is 2. The summed E-state index contributed by atoms with van der Waals surface area (Å²) in [6, 6.07) is 14.7. The maximum Gasteiger partial charge on any atom is 0.243 e. The molecule has 3 N–H and O–H groups in total. The van der Waals surface area contributed by atoms with Gasteiger partial charge < -0.3 is 16.0 Å². The van der Waals surface area contributed by atoms with Crippen molar-refractivity contribution >= 4 is 44.8 Å². The summed E-state index contributed by atoms with van der Waals surface area (Å²) in [5.74, 6) is 0.200. The molecule has 0 saturated heterocycles. The van der Waals surface area contributed by atoms with Crippen LogP contribution in [0.3, 0.4) is 0 Å². The highest BCUT2D eigenvalue weighted by Crippen LogP contribution is 2.15. The van der Waals surface area contributed by atoms with Gasteiger partial charge in [-0.05, 0) is 54.4 Å². The average Bonchev–Trinajstić information content (AvgIpc) is 2.55. The Kier molecular flexibility index (Phi) is 7.01. The molecule has 2 aromatic rings. The van der Waals surface area contributed by atoms with Crippen molar-refractivity contribution in [3.63, 3.8) is 0 Å². The number of halogens is 1. The summed E-state index contributed by atoms with van der Waals surface area (Å²) in [6.45, 7) is 4.17. The van der Waals surface area contributed by atoms with Crippen LogP contribution in [0.25, 0.3) is 0 Å². The van der Waals surface area contributed by atoms with Crippen molar-refractivity contribution in [3.8, 4) is 0 Å². The number of benzene rings is 2. The van der Waals surface area contributed by atoms with Crippen molar-refractivity contribution in [2.24, 2.45) is 5.92 Å². The first-order valence-electron chi connectivity index (χ1n) is 8.11. The minimum absolute atomic E-state index is 0.00425. The maximum absolute atomic E-state index is 11.9. The molecule has 25 heavy (non-hydrogen) atoms. The van der Waals surface area contributed by atoms with Crippen LogP contribution in [0.1, 0.15) is 20.3 Å². The predicted octanol–water partition coefficient (Wildman–Crippen LogP) is 4.48. The zero-order valence-electron chi connectivity index (χ0n) is 14.3. The molecule has 0 bridgehead atoms. The van der Waals surface area contributed by atoms with Gasteiger partial charge in [0.2, 0.25) is 11.8 Å². The number of hydrogen-bond acceptors (Lipinski definition) is 3. The monoisotopic (exact) mass is 403 g/mol. The molecule has 0 radical (unpaired) electrons. The fourth-order valence-corrected chi connectivity index (χ4v) is 2.44. The topological polar surface area (TPSA) is 70.2 Å². The van der Waals surface area contributed by atoms with Crippen LogP contribution in [-0.2, 0) is 9.59 Å². The lowest BCUT2D eigenvalue weighted by atomic mass is 10.1. The molecular formula is C19H22BrN3O2. The molecule has 2 rings (SSSR count). The lowest BCUT2D eigenvalue weighted by Crippen LogP contribution is -2.21. The van der Waals surface area contributed by atoms with E-state index in [1.165, 1.54) is 0 Å². The Bertz CT molecular complexity index is 712. The Morgan fingerprint density at radius 2 is 1.32 bits per heavy atom. The molecule has 0 aromatic heterocycles. The third-order valence-corrected chi connectivity index (χ3v) is 3.87. The van der Waals surface area contributed by atoms with E-state index >= 15 is 0 Å². The third kappa shape index (κ3) is 6.97. The molecule has 0 aliphatic carbocycles. The van der Waals surface area contributed by atoms with Crippen LogP contribution >= 0.6 is 15.9 Å². The Balaban J connectivity index is 1.79. The average molecular weight is 404 g/mol. The zero-order valence-corrected chi connectivity index (χ0v) is 15.9. The smallest absolute Gasteiger partial charge is 0.243 e. The summed E-state index contributed by atoms with van der Waals surface area (Å²) < 4.78 is 0.962. The van der Waals surface area contributed by atoms with Gasteiger partial charge in [-0.15, -0.1) is 0 Å². The van der Waals surface area contributed by atoms with Crippen molar-refractivity contribution < 1.29 is 9.59 Å². The van der Waals surface area contributed by atoms with E-state index in [1.54, 1.807) is 0 Å². The lowest BCUT2D eigenvalue weighted by molar-refractivity contribution is -0.117. The van der Waals surface area contributed by atoms with Crippen LogP contribution in [0.5, 0.6) is 0 Å². The summed E-state index contributed by atoms with van der Waals surface area (Å²) in [6.07, 6.45) is 0.496. The highest BCUT2D eigenvalue weighted by atomic mass is 79.9. The van der Waals surface area contributed by atoms with Gasteiger partial charge in [0.25, 0.3) is 0 Å². The van der Waals surface area contributed by atoms with Crippen molar-refractivity contribution in [1.29, 1.82) is 0 Å². The van der Waals surface area contributed by atoms with E-state index in [-0.39, 0.29) is 18.4 Å². The molecule has 2 amide bonds. The summed E-state index contributed by atoms with van der Waals surface area (Å²) in [4.78, 5) is 23.7. The molecule has 132 valence electrons. The first-order valence-corrected chi connectivity index (χ1v) is 8.91. The SMILES string of the molecule is CC(C)CC(=O)Nc1ccc(NCC(=O)Nc2ccc(Br)cc2)cc1. The maximum atomic E-state index is 11.9. The van der Waals surface area contributed by atoms with E-state index in [0.717, 1.165) is 21.5 Å². The highest BCUT2D eigenvalue weighted by Gasteiger charge is 2.06. The standard InChI is InChI=1S/C19H22BrN3O2/c1-13(2)11-18(24)22-17-9-7-15(8-10-17)21-12-19(25)23-16-5-3-14(20)4-6-16/h3-10,13,21H,11-12H2,1-2H3,(H,22,24)(H,23,25). The normalized spacial score (nSPS) is 10.4.